The van der Waals surface area contributed by atoms with Crippen molar-refractivity contribution < 1.29 is 4.79 Å². The summed E-state index contributed by atoms with van der Waals surface area (Å²) in [4.78, 5) is 29.4. The predicted molar refractivity (Wildman–Crippen MR) is 112 cm³/mol. The van der Waals surface area contributed by atoms with E-state index in [2.05, 4.69) is 20.7 Å². The Morgan fingerprint density at radius 1 is 1.00 bits per heavy atom. The summed E-state index contributed by atoms with van der Waals surface area (Å²) in [6, 6.07) is 17.0. The van der Waals surface area contributed by atoms with E-state index in [-0.39, 0.29) is 18.2 Å². The molecule has 0 bridgehead atoms. The second-order valence-corrected chi connectivity index (χ2v) is 6.73. The number of nitrogens with one attached hydrogen (secondary N) is 2. The van der Waals surface area contributed by atoms with Crippen molar-refractivity contribution in [1.82, 2.24) is 19.2 Å². The minimum Gasteiger partial charge on any atom is -0.340 e. The molecule has 0 unspecified atom stereocenters. The third-order valence-electron chi connectivity index (χ3n) is 4.54. The van der Waals surface area contributed by atoms with Crippen molar-refractivity contribution in [3.63, 3.8) is 0 Å². The van der Waals surface area contributed by atoms with E-state index in [1.165, 1.54) is 4.40 Å². The van der Waals surface area contributed by atoms with Gasteiger partial charge in [-0.05, 0) is 43.2 Å². The molecule has 0 atom stereocenters. The van der Waals surface area contributed by atoms with Crippen LogP contribution in [0.15, 0.2) is 65.6 Å². The van der Waals surface area contributed by atoms with E-state index < -0.39 is 5.69 Å². The van der Waals surface area contributed by atoms with Crippen molar-refractivity contribution >= 4 is 28.9 Å². The number of aromatic nitrogens is 4. The van der Waals surface area contributed by atoms with Crippen LogP contribution >= 0.6 is 0 Å². The number of carbonyl (C=O) groups excluding carboxylic acids is 1. The first kappa shape index (κ1) is 18.4. The summed E-state index contributed by atoms with van der Waals surface area (Å²) >= 11 is 0. The Labute approximate surface area is 166 Å². The lowest BCUT2D eigenvalue weighted by molar-refractivity contribution is -0.117. The first-order valence-corrected chi connectivity index (χ1v) is 9.15. The largest absolute Gasteiger partial charge is 0.352 e. The maximum atomic E-state index is 12.5. The van der Waals surface area contributed by atoms with Crippen molar-refractivity contribution in [3.8, 4) is 0 Å². The van der Waals surface area contributed by atoms with Gasteiger partial charge in [-0.15, -0.1) is 5.10 Å². The molecule has 0 aliphatic rings. The van der Waals surface area contributed by atoms with Crippen molar-refractivity contribution in [1.29, 1.82) is 0 Å². The molecule has 0 aliphatic heterocycles. The van der Waals surface area contributed by atoms with Gasteiger partial charge in [0.25, 0.3) is 5.78 Å². The van der Waals surface area contributed by atoms with E-state index in [9.17, 15) is 9.59 Å². The van der Waals surface area contributed by atoms with E-state index in [4.69, 9.17) is 0 Å². The van der Waals surface area contributed by atoms with E-state index in [1.54, 1.807) is 12.3 Å². The number of aryl methyl sites for hydroxylation is 2. The molecule has 8 heteroatoms. The number of fused-ring (bicyclic) bond motifs is 1. The summed E-state index contributed by atoms with van der Waals surface area (Å²) in [6.45, 7) is 3.65. The third-order valence-corrected chi connectivity index (χ3v) is 4.54. The number of para-hydroxylation sites is 2. The second-order valence-electron chi connectivity index (χ2n) is 6.73. The number of nitrogens with zero attached hydrogens (tertiary/aromatic N) is 4. The minimum absolute atomic E-state index is 0.197. The summed E-state index contributed by atoms with van der Waals surface area (Å²) < 4.78 is 2.42. The highest BCUT2D eigenvalue weighted by Gasteiger charge is 2.14. The van der Waals surface area contributed by atoms with Gasteiger partial charge in [-0.3, -0.25) is 4.79 Å². The Hall–Kier alpha value is -3.94. The van der Waals surface area contributed by atoms with Gasteiger partial charge < -0.3 is 10.6 Å². The molecule has 2 N–H and O–H groups in total. The zero-order valence-corrected chi connectivity index (χ0v) is 16.1. The van der Waals surface area contributed by atoms with Crippen LogP contribution in [0.25, 0.3) is 5.78 Å². The smallest absolute Gasteiger partial charge is 0.340 e. The number of hydrogen-bond donors (Lipinski definition) is 2. The zero-order chi connectivity index (χ0) is 20.4. The average Bonchev–Trinajstić information content (AvgIpc) is 3.00. The molecule has 0 spiro atoms. The highest BCUT2D eigenvalue weighted by molar-refractivity contribution is 5.92. The number of benzene rings is 2. The molecule has 2 aromatic heterocycles. The fraction of sp³-hybridized carbons (Fsp3) is 0.143. The summed E-state index contributed by atoms with van der Waals surface area (Å²) in [7, 11) is 0. The van der Waals surface area contributed by atoms with Gasteiger partial charge in [0.15, 0.2) is 0 Å². The molecule has 29 heavy (non-hydrogen) atoms. The molecular formula is C21H20N6O2. The first-order valence-electron chi connectivity index (χ1n) is 9.15. The minimum atomic E-state index is -0.421. The van der Waals surface area contributed by atoms with Crippen LogP contribution in [-0.2, 0) is 11.3 Å². The Bertz CT molecular complexity index is 1220. The van der Waals surface area contributed by atoms with Crippen LogP contribution in [0.1, 0.15) is 11.1 Å². The van der Waals surface area contributed by atoms with Crippen molar-refractivity contribution in [3.05, 3.63) is 82.4 Å². The van der Waals surface area contributed by atoms with Crippen LogP contribution in [-0.4, -0.2) is 25.1 Å². The van der Waals surface area contributed by atoms with Gasteiger partial charge in [-0.1, -0.05) is 36.4 Å². The molecule has 146 valence electrons. The quantitative estimate of drug-likeness (QED) is 0.548. The molecule has 2 heterocycles. The van der Waals surface area contributed by atoms with Gasteiger partial charge in [0.1, 0.15) is 12.4 Å². The maximum absolute atomic E-state index is 12.5. The topological polar surface area (TPSA) is 93.3 Å². The Morgan fingerprint density at radius 3 is 2.45 bits per heavy atom. The van der Waals surface area contributed by atoms with Gasteiger partial charge in [0, 0.05) is 17.6 Å². The number of amides is 1. The van der Waals surface area contributed by atoms with Gasteiger partial charge >= 0.3 is 5.69 Å². The normalized spacial score (nSPS) is 10.8. The van der Waals surface area contributed by atoms with Crippen molar-refractivity contribution in [2.24, 2.45) is 0 Å². The summed E-state index contributed by atoms with van der Waals surface area (Å²) in [5.74, 6) is 0.451. The monoisotopic (exact) mass is 388 g/mol. The second kappa shape index (κ2) is 7.59. The van der Waals surface area contributed by atoms with E-state index in [1.807, 2.05) is 62.4 Å². The van der Waals surface area contributed by atoms with Crippen LogP contribution in [0.4, 0.5) is 17.2 Å². The summed E-state index contributed by atoms with van der Waals surface area (Å²) in [6.07, 6.45) is 1.59. The Balaban J connectivity index is 1.55. The van der Waals surface area contributed by atoms with Gasteiger partial charge in [-0.25, -0.2) is 13.9 Å². The molecule has 2 aromatic carbocycles. The molecule has 0 saturated carbocycles. The SMILES string of the molecule is Cc1cccc(C)c1NC(=O)Cn1nc2nc(Nc3ccccc3)ccn2c1=O. The Morgan fingerprint density at radius 2 is 1.72 bits per heavy atom. The van der Waals surface area contributed by atoms with Crippen LogP contribution in [0.3, 0.4) is 0 Å². The molecule has 0 radical (unpaired) electrons. The summed E-state index contributed by atoms with van der Waals surface area (Å²) in [5.41, 5.74) is 3.12. The molecular weight excluding hydrogens is 368 g/mol. The van der Waals surface area contributed by atoms with Crippen molar-refractivity contribution in [2.75, 3.05) is 10.6 Å². The summed E-state index contributed by atoms with van der Waals surface area (Å²) in [5, 5.41) is 10.2. The molecule has 4 aromatic rings. The van der Waals surface area contributed by atoms with Gasteiger partial charge in [0.05, 0.1) is 0 Å². The average molecular weight is 388 g/mol. The number of rotatable bonds is 5. The maximum Gasteiger partial charge on any atom is 0.352 e. The molecule has 0 fully saturated rings. The lowest BCUT2D eigenvalue weighted by atomic mass is 10.1. The first-order chi connectivity index (χ1) is 14.0. The van der Waals surface area contributed by atoms with E-state index in [0.29, 0.717) is 5.82 Å². The number of hydrogen-bond acceptors (Lipinski definition) is 5. The number of anilines is 3. The molecule has 8 nitrogen and oxygen atoms in total. The highest BCUT2D eigenvalue weighted by atomic mass is 16.2. The Kier molecular flexibility index (Phi) is 4.82. The van der Waals surface area contributed by atoms with Crippen LogP contribution in [0.5, 0.6) is 0 Å². The number of carbonyl (C=O) groups is 1. The van der Waals surface area contributed by atoms with E-state index >= 15 is 0 Å². The molecule has 1 amide bonds. The molecule has 0 saturated heterocycles. The zero-order valence-electron chi connectivity index (χ0n) is 16.1. The van der Waals surface area contributed by atoms with Crippen LogP contribution < -0.4 is 16.3 Å². The van der Waals surface area contributed by atoms with E-state index in [0.717, 1.165) is 27.2 Å². The lowest BCUT2D eigenvalue weighted by Gasteiger charge is -2.10. The molecule has 4 rings (SSSR count). The fourth-order valence-corrected chi connectivity index (χ4v) is 3.07. The lowest BCUT2D eigenvalue weighted by Crippen LogP contribution is -2.28. The van der Waals surface area contributed by atoms with Crippen LogP contribution in [0.2, 0.25) is 0 Å². The fourth-order valence-electron chi connectivity index (χ4n) is 3.07. The molecule has 0 aliphatic carbocycles. The highest BCUT2D eigenvalue weighted by Crippen LogP contribution is 2.19. The third kappa shape index (κ3) is 3.86. The standard InChI is InChI=1S/C21H20N6O2/c1-14-7-6-8-15(2)19(14)24-18(28)13-27-21(29)26-12-11-17(23-20(26)25-27)22-16-9-4-3-5-10-16/h3-12H,13H2,1-2H3,(H,24,28)(H,22,23,25). The van der Waals surface area contributed by atoms with Crippen LogP contribution in [0, 0.1) is 13.8 Å². The van der Waals surface area contributed by atoms with Crippen molar-refractivity contribution in [2.45, 2.75) is 20.4 Å². The predicted octanol–water partition coefficient (Wildman–Crippen LogP) is 2.89. The van der Waals surface area contributed by atoms with Gasteiger partial charge in [0.2, 0.25) is 5.91 Å². The van der Waals surface area contributed by atoms with Gasteiger partial charge in [-0.2, -0.15) is 4.98 Å².